The van der Waals surface area contributed by atoms with Crippen LogP contribution in [-0.4, -0.2) is 24.5 Å². The summed E-state index contributed by atoms with van der Waals surface area (Å²) < 4.78 is 7.53. The lowest BCUT2D eigenvalue weighted by Crippen LogP contribution is -2.08. The summed E-state index contributed by atoms with van der Waals surface area (Å²) in [5.41, 5.74) is 3.63. The molecule has 1 N–H and O–H groups in total. The van der Waals surface area contributed by atoms with E-state index >= 15 is 0 Å². The van der Waals surface area contributed by atoms with Crippen molar-refractivity contribution in [3.63, 3.8) is 0 Å². The first-order valence-electron chi connectivity index (χ1n) is 8.77. The van der Waals surface area contributed by atoms with Gasteiger partial charge in [-0.2, -0.15) is 0 Å². The molecule has 0 saturated carbocycles. The molecule has 0 atom stereocenters. The Labute approximate surface area is 156 Å². The zero-order valence-electron chi connectivity index (χ0n) is 15.3. The smallest absolute Gasteiger partial charge is 0.213 e. The molecule has 4 heterocycles. The maximum Gasteiger partial charge on any atom is 0.213 e. The molecule has 0 saturated heterocycles. The van der Waals surface area contributed by atoms with Gasteiger partial charge in [-0.1, -0.05) is 12.1 Å². The van der Waals surface area contributed by atoms with Crippen LogP contribution < -0.4 is 5.32 Å². The normalized spacial score (nSPS) is 11.5. The van der Waals surface area contributed by atoms with E-state index in [1.54, 1.807) is 12.5 Å². The van der Waals surface area contributed by atoms with Gasteiger partial charge in [-0.3, -0.25) is 4.98 Å². The summed E-state index contributed by atoms with van der Waals surface area (Å²) in [6.45, 7) is 4.94. The van der Waals surface area contributed by atoms with Gasteiger partial charge in [0.25, 0.3) is 0 Å². The third-order valence-corrected chi connectivity index (χ3v) is 4.08. The number of anilines is 1. The van der Waals surface area contributed by atoms with Gasteiger partial charge >= 0.3 is 0 Å². The second-order valence-corrected chi connectivity index (χ2v) is 6.17. The fraction of sp³-hybridized carbons (Fsp3) is 0.200. The average molecular weight is 360 g/mol. The minimum absolute atomic E-state index is 0.448. The van der Waals surface area contributed by atoms with Crippen molar-refractivity contribution in [1.82, 2.24) is 24.5 Å². The highest BCUT2D eigenvalue weighted by molar-refractivity contribution is 5.87. The Balaban J connectivity index is 1.72. The van der Waals surface area contributed by atoms with Gasteiger partial charge in [-0.05, 0) is 38.1 Å². The second kappa shape index (κ2) is 7.41. The molecule has 0 aromatic carbocycles. The van der Waals surface area contributed by atoms with Gasteiger partial charge in [0.2, 0.25) is 5.89 Å². The van der Waals surface area contributed by atoms with Crippen LogP contribution in [0.1, 0.15) is 30.0 Å². The third kappa shape index (κ3) is 3.72. The number of nitrogens with zero attached hydrogens (tertiary/aromatic N) is 5. The van der Waals surface area contributed by atoms with Crippen LogP contribution in [0.25, 0.3) is 17.1 Å². The number of oxazole rings is 1. The fourth-order valence-corrected chi connectivity index (χ4v) is 2.91. The maximum atomic E-state index is 5.44. The number of rotatable bonds is 6. The predicted octanol–water partition coefficient (Wildman–Crippen LogP) is 3.82. The molecule has 0 aliphatic rings. The quantitative estimate of drug-likeness (QED) is 0.563. The first-order valence-corrected chi connectivity index (χ1v) is 8.77. The van der Waals surface area contributed by atoms with Crippen LogP contribution in [0.4, 0.5) is 5.82 Å². The van der Waals surface area contributed by atoms with Crippen molar-refractivity contribution < 1.29 is 4.42 Å². The number of hydrogen-bond donors (Lipinski definition) is 1. The van der Waals surface area contributed by atoms with Crippen LogP contribution in [0.5, 0.6) is 0 Å². The molecule has 7 heteroatoms. The molecule has 4 aromatic heterocycles. The molecule has 4 rings (SSSR count). The van der Waals surface area contributed by atoms with Gasteiger partial charge in [-0.25, -0.2) is 15.0 Å². The first kappa shape index (κ1) is 17.0. The minimum atomic E-state index is 0.448. The number of aromatic nitrogens is 5. The number of pyridine rings is 1. The Morgan fingerprint density at radius 3 is 2.85 bits per heavy atom. The number of aryl methyl sites for hydroxylation is 1. The summed E-state index contributed by atoms with van der Waals surface area (Å²) >= 11 is 0. The van der Waals surface area contributed by atoms with E-state index in [0.717, 1.165) is 28.2 Å². The molecule has 136 valence electrons. The zero-order chi connectivity index (χ0) is 18.6. The summed E-state index contributed by atoms with van der Waals surface area (Å²) in [5.74, 6) is 2.02. The number of nitrogens with one attached hydrogen (secondary N) is 1. The van der Waals surface area contributed by atoms with E-state index in [0.29, 0.717) is 24.8 Å². The zero-order valence-corrected chi connectivity index (χ0v) is 15.3. The van der Waals surface area contributed by atoms with E-state index in [1.165, 1.54) is 0 Å². The molecule has 7 nitrogen and oxygen atoms in total. The van der Waals surface area contributed by atoms with Crippen molar-refractivity contribution in [3.8, 4) is 0 Å². The Kier molecular flexibility index (Phi) is 4.65. The van der Waals surface area contributed by atoms with Crippen LogP contribution in [0.15, 0.2) is 53.4 Å². The molecule has 27 heavy (non-hydrogen) atoms. The van der Waals surface area contributed by atoms with Crippen LogP contribution >= 0.6 is 0 Å². The molecule has 0 radical (unpaired) electrons. The van der Waals surface area contributed by atoms with E-state index in [1.807, 2.05) is 56.5 Å². The van der Waals surface area contributed by atoms with Crippen molar-refractivity contribution in [2.45, 2.75) is 26.9 Å². The highest BCUT2D eigenvalue weighted by Gasteiger charge is 2.13. The van der Waals surface area contributed by atoms with Crippen LogP contribution in [0, 0.1) is 6.92 Å². The lowest BCUT2D eigenvalue weighted by Gasteiger charge is -2.10. The lowest BCUT2D eigenvalue weighted by molar-refractivity contribution is 0.503. The minimum Gasteiger partial charge on any atom is -0.447 e. The molecule has 0 spiro atoms. The maximum absolute atomic E-state index is 5.44. The Hall–Kier alpha value is -3.48. The fourth-order valence-electron chi connectivity index (χ4n) is 2.91. The molecule has 0 aliphatic heterocycles. The Morgan fingerprint density at radius 2 is 2.11 bits per heavy atom. The van der Waals surface area contributed by atoms with Crippen molar-refractivity contribution in [2.24, 2.45) is 0 Å². The van der Waals surface area contributed by atoms with Crippen molar-refractivity contribution in [1.29, 1.82) is 0 Å². The first-order chi connectivity index (χ1) is 13.2. The van der Waals surface area contributed by atoms with E-state index < -0.39 is 0 Å². The molecule has 0 fully saturated rings. The molecule has 0 unspecified atom stereocenters. The topological polar surface area (TPSA) is 81.7 Å². The van der Waals surface area contributed by atoms with Crippen molar-refractivity contribution in [3.05, 3.63) is 72.1 Å². The highest BCUT2D eigenvalue weighted by atomic mass is 16.3. The lowest BCUT2D eigenvalue weighted by atomic mass is 10.3. The van der Waals surface area contributed by atoms with Gasteiger partial charge < -0.3 is 14.3 Å². The van der Waals surface area contributed by atoms with Crippen LogP contribution in [0.2, 0.25) is 0 Å². The van der Waals surface area contributed by atoms with Gasteiger partial charge in [0.1, 0.15) is 11.8 Å². The molecule has 0 amide bonds. The SMILES string of the molecule is CC=Cc1nc(NCc2nc(C)co2)c2c(ccn2Cc2ccccn2)n1. The average Bonchev–Trinajstić information content (AvgIpc) is 3.27. The van der Waals surface area contributed by atoms with E-state index in [9.17, 15) is 0 Å². The molecular formula is C20H20N6O. The molecule has 0 bridgehead atoms. The monoisotopic (exact) mass is 360 g/mol. The van der Waals surface area contributed by atoms with Gasteiger partial charge in [0, 0.05) is 12.4 Å². The van der Waals surface area contributed by atoms with Crippen molar-refractivity contribution >= 4 is 22.9 Å². The largest absolute Gasteiger partial charge is 0.447 e. The van der Waals surface area contributed by atoms with Gasteiger partial charge in [-0.15, -0.1) is 0 Å². The van der Waals surface area contributed by atoms with E-state index in [-0.39, 0.29) is 0 Å². The third-order valence-electron chi connectivity index (χ3n) is 4.08. The number of allylic oxidation sites excluding steroid dienone is 1. The summed E-state index contributed by atoms with van der Waals surface area (Å²) in [5, 5.41) is 3.35. The summed E-state index contributed by atoms with van der Waals surface area (Å²) in [6.07, 6.45) is 9.25. The Bertz CT molecular complexity index is 1080. The molecular weight excluding hydrogens is 340 g/mol. The molecule has 4 aromatic rings. The van der Waals surface area contributed by atoms with Crippen LogP contribution in [0.3, 0.4) is 0 Å². The summed E-state index contributed by atoms with van der Waals surface area (Å²) in [4.78, 5) is 18.1. The highest BCUT2D eigenvalue weighted by Crippen LogP contribution is 2.23. The van der Waals surface area contributed by atoms with Gasteiger partial charge in [0.15, 0.2) is 11.6 Å². The van der Waals surface area contributed by atoms with Gasteiger partial charge in [0.05, 0.1) is 30.0 Å². The second-order valence-electron chi connectivity index (χ2n) is 6.17. The van der Waals surface area contributed by atoms with E-state index in [2.05, 4.69) is 29.8 Å². The van der Waals surface area contributed by atoms with Crippen molar-refractivity contribution in [2.75, 3.05) is 5.32 Å². The molecule has 0 aliphatic carbocycles. The predicted molar refractivity (Wildman–Crippen MR) is 104 cm³/mol. The standard InChI is InChI=1S/C20H20N6O/c1-3-6-17-24-16-8-10-26(12-15-7-4-5-9-21-15)19(16)20(25-17)22-11-18-23-14(2)13-27-18/h3-10,13H,11-12H2,1-2H3,(H,22,24,25). The number of hydrogen-bond acceptors (Lipinski definition) is 6. The van der Waals surface area contributed by atoms with E-state index in [4.69, 9.17) is 4.42 Å². The Morgan fingerprint density at radius 1 is 1.19 bits per heavy atom. The summed E-state index contributed by atoms with van der Waals surface area (Å²) in [7, 11) is 0. The summed E-state index contributed by atoms with van der Waals surface area (Å²) in [6, 6.07) is 7.89. The number of fused-ring (bicyclic) bond motifs is 1. The van der Waals surface area contributed by atoms with Crippen LogP contribution in [-0.2, 0) is 13.1 Å².